The monoisotopic (exact) mass is 236 g/mol. The van der Waals surface area contributed by atoms with Crippen LogP contribution < -0.4 is 5.63 Å². The van der Waals surface area contributed by atoms with Crippen LogP contribution in [0.2, 0.25) is 0 Å². The Hall–Kier alpha value is -2.34. The van der Waals surface area contributed by atoms with Gasteiger partial charge in [-0.1, -0.05) is 0 Å². The van der Waals surface area contributed by atoms with E-state index in [4.69, 9.17) is 5.11 Å². The fourth-order valence-electron chi connectivity index (χ4n) is 1.57. The number of aromatic hydroxyl groups is 2. The summed E-state index contributed by atoms with van der Waals surface area (Å²) in [5.74, 6) is -1.46. The third-order valence-corrected chi connectivity index (χ3v) is 2.32. The van der Waals surface area contributed by atoms with Crippen molar-refractivity contribution in [2.75, 3.05) is 6.61 Å². The number of phenols is 2. The van der Waals surface area contributed by atoms with Crippen LogP contribution >= 0.6 is 0 Å². The number of aliphatic hydroxyl groups excluding tert-OH is 1. The summed E-state index contributed by atoms with van der Waals surface area (Å²) >= 11 is 0. The van der Waals surface area contributed by atoms with Crippen LogP contribution in [0.5, 0.6) is 11.5 Å². The molecule has 6 heteroatoms. The summed E-state index contributed by atoms with van der Waals surface area (Å²) in [6.45, 7) is -0.765. The third kappa shape index (κ3) is 1.74. The fourth-order valence-corrected chi connectivity index (χ4v) is 1.57. The minimum Gasteiger partial charge on any atom is -0.508 e. The topological polar surface area (TPSA) is 108 Å². The van der Waals surface area contributed by atoms with Crippen molar-refractivity contribution < 1.29 is 24.5 Å². The molecule has 1 heterocycles. The normalized spacial score (nSPS) is 10.6. The van der Waals surface area contributed by atoms with Gasteiger partial charge in [0.2, 0.25) is 0 Å². The Kier molecular flexibility index (Phi) is 2.57. The summed E-state index contributed by atoms with van der Waals surface area (Å²) in [7, 11) is 0. The molecule has 0 aliphatic heterocycles. The van der Waals surface area contributed by atoms with E-state index in [0.717, 1.165) is 18.4 Å². The Morgan fingerprint density at radius 2 is 2.00 bits per heavy atom. The summed E-state index contributed by atoms with van der Waals surface area (Å²) in [6, 6.07) is 2.11. The van der Waals surface area contributed by atoms with Crippen LogP contribution in [0, 0.1) is 0 Å². The molecule has 0 unspecified atom stereocenters. The van der Waals surface area contributed by atoms with Crippen molar-refractivity contribution in [1.29, 1.82) is 0 Å². The molecule has 3 N–H and O–H groups in total. The number of phenolic OH excluding ortho intramolecular Hbond substituents is 2. The van der Waals surface area contributed by atoms with E-state index in [1.54, 1.807) is 0 Å². The van der Waals surface area contributed by atoms with Gasteiger partial charge in [-0.15, -0.1) is 0 Å². The second-order valence-electron chi connectivity index (χ2n) is 3.41. The van der Waals surface area contributed by atoms with Crippen LogP contribution in [0.15, 0.2) is 27.6 Å². The summed E-state index contributed by atoms with van der Waals surface area (Å²) in [6.07, 6.45) is 0.891. The molecule has 88 valence electrons. The molecule has 0 bridgehead atoms. The van der Waals surface area contributed by atoms with Crippen molar-refractivity contribution in [2.45, 2.75) is 0 Å². The first-order valence-corrected chi connectivity index (χ1v) is 4.66. The molecule has 0 aliphatic carbocycles. The number of carbonyl (C=O) groups is 1. The zero-order valence-electron chi connectivity index (χ0n) is 8.51. The molecule has 0 aliphatic rings. The molecular formula is C11H8O6. The molecule has 0 atom stereocenters. The van der Waals surface area contributed by atoms with E-state index >= 15 is 0 Å². The Labute approximate surface area is 94.4 Å². The van der Waals surface area contributed by atoms with Crippen molar-refractivity contribution in [2.24, 2.45) is 0 Å². The lowest BCUT2D eigenvalue weighted by Gasteiger charge is -2.04. The van der Waals surface area contributed by atoms with Gasteiger partial charge in [-0.3, -0.25) is 4.79 Å². The lowest BCUT2D eigenvalue weighted by molar-refractivity contribution is 0.0903. The fraction of sp³-hybridized carbons (Fsp3) is 0.0909. The van der Waals surface area contributed by atoms with Gasteiger partial charge in [0.05, 0.1) is 5.56 Å². The van der Waals surface area contributed by atoms with E-state index in [1.165, 1.54) is 0 Å². The van der Waals surface area contributed by atoms with Gasteiger partial charge in [0.15, 0.2) is 5.78 Å². The largest absolute Gasteiger partial charge is 0.508 e. The average Bonchev–Trinajstić information content (AvgIpc) is 2.27. The second-order valence-corrected chi connectivity index (χ2v) is 3.41. The van der Waals surface area contributed by atoms with Gasteiger partial charge >= 0.3 is 5.63 Å². The summed E-state index contributed by atoms with van der Waals surface area (Å²) in [5, 5.41) is 27.4. The molecule has 0 radical (unpaired) electrons. The number of aliphatic hydroxyl groups is 1. The number of ketones is 1. The zero-order chi connectivity index (χ0) is 12.6. The predicted molar refractivity (Wildman–Crippen MR) is 57.2 cm³/mol. The van der Waals surface area contributed by atoms with E-state index in [2.05, 4.69) is 4.42 Å². The molecule has 0 fully saturated rings. The minimum absolute atomic E-state index is 0.0396. The molecular weight excluding hydrogens is 228 g/mol. The van der Waals surface area contributed by atoms with Gasteiger partial charge in [-0.25, -0.2) is 4.79 Å². The molecule has 1 aromatic carbocycles. The Morgan fingerprint density at radius 3 is 2.65 bits per heavy atom. The van der Waals surface area contributed by atoms with Crippen LogP contribution in [0.1, 0.15) is 10.4 Å². The highest BCUT2D eigenvalue weighted by Crippen LogP contribution is 2.29. The lowest BCUT2D eigenvalue weighted by Crippen LogP contribution is -2.09. The van der Waals surface area contributed by atoms with E-state index in [-0.39, 0.29) is 22.1 Å². The molecule has 1 aromatic heterocycles. The molecule has 0 saturated heterocycles. The van der Waals surface area contributed by atoms with Crippen molar-refractivity contribution in [3.63, 3.8) is 0 Å². The standard InChI is InChI=1S/C11H8O6/c12-3-9(15)7-4-17-11(16)10-6(7)1-5(13)2-8(10)14/h1-2,4,12-14H,3H2. The highest BCUT2D eigenvalue weighted by atomic mass is 16.4. The highest BCUT2D eigenvalue weighted by molar-refractivity contribution is 6.09. The average molecular weight is 236 g/mol. The Bertz CT molecular complexity index is 655. The summed E-state index contributed by atoms with van der Waals surface area (Å²) in [5.41, 5.74) is -0.903. The van der Waals surface area contributed by atoms with E-state index in [0.29, 0.717) is 0 Å². The van der Waals surface area contributed by atoms with Crippen molar-refractivity contribution in [3.05, 3.63) is 34.4 Å². The highest BCUT2D eigenvalue weighted by Gasteiger charge is 2.16. The molecule has 17 heavy (non-hydrogen) atoms. The number of hydrogen-bond donors (Lipinski definition) is 3. The predicted octanol–water partition coefficient (Wildman–Crippen LogP) is 0.379. The number of Topliss-reactive ketones (excluding diaryl/α,β-unsaturated/α-hetero) is 1. The van der Waals surface area contributed by atoms with Crippen molar-refractivity contribution in [3.8, 4) is 11.5 Å². The van der Waals surface area contributed by atoms with Crippen molar-refractivity contribution in [1.82, 2.24) is 0 Å². The lowest BCUT2D eigenvalue weighted by atomic mass is 10.0. The van der Waals surface area contributed by atoms with Crippen molar-refractivity contribution >= 4 is 16.6 Å². The smallest absolute Gasteiger partial charge is 0.347 e. The summed E-state index contributed by atoms with van der Waals surface area (Å²) in [4.78, 5) is 22.8. The first-order chi connectivity index (χ1) is 8.04. The van der Waals surface area contributed by atoms with Gasteiger partial charge in [0.25, 0.3) is 0 Å². The SMILES string of the molecule is O=C(CO)c1coc(=O)c2c(O)cc(O)cc12. The Morgan fingerprint density at radius 1 is 1.29 bits per heavy atom. The van der Waals surface area contributed by atoms with Crippen LogP contribution in [0.4, 0.5) is 0 Å². The second kappa shape index (κ2) is 3.91. The van der Waals surface area contributed by atoms with E-state index in [1.807, 2.05) is 0 Å². The van der Waals surface area contributed by atoms with Crippen LogP contribution in [0.3, 0.4) is 0 Å². The third-order valence-electron chi connectivity index (χ3n) is 2.32. The maximum absolute atomic E-state index is 11.4. The molecule has 0 spiro atoms. The van der Waals surface area contributed by atoms with Gasteiger partial charge < -0.3 is 19.7 Å². The first kappa shape index (κ1) is 11.2. The Balaban J connectivity index is 2.94. The molecule has 2 rings (SSSR count). The van der Waals surface area contributed by atoms with Crippen LogP contribution in [0.25, 0.3) is 10.8 Å². The quantitative estimate of drug-likeness (QED) is 0.650. The number of rotatable bonds is 2. The molecule has 0 amide bonds. The van der Waals surface area contributed by atoms with E-state index < -0.39 is 23.8 Å². The van der Waals surface area contributed by atoms with Crippen LogP contribution in [-0.4, -0.2) is 27.7 Å². The number of carbonyl (C=O) groups excluding carboxylic acids is 1. The van der Waals surface area contributed by atoms with Crippen LogP contribution in [-0.2, 0) is 0 Å². The minimum atomic E-state index is -0.827. The molecule has 6 nitrogen and oxygen atoms in total. The van der Waals surface area contributed by atoms with Gasteiger partial charge in [-0.2, -0.15) is 0 Å². The number of benzene rings is 1. The van der Waals surface area contributed by atoms with Gasteiger partial charge in [0.1, 0.15) is 29.8 Å². The maximum atomic E-state index is 11.4. The van der Waals surface area contributed by atoms with E-state index in [9.17, 15) is 19.8 Å². The molecule has 2 aromatic rings. The first-order valence-electron chi connectivity index (χ1n) is 4.66. The van der Waals surface area contributed by atoms with Gasteiger partial charge in [-0.05, 0) is 6.07 Å². The number of fused-ring (bicyclic) bond motifs is 1. The maximum Gasteiger partial charge on any atom is 0.347 e. The van der Waals surface area contributed by atoms with Gasteiger partial charge in [0, 0.05) is 11.5 Å². The molecule has 0 saturated carbocycles. The summed E-state index contributed by atoms with van der Waals surface area (Å²) < 4.78 is 4.59. The number of hydrogen-bond acceptors (Lipinski definition) is 6. The zero-order valence-corrected chi connectivity index (χ0v) is 8.51.